The average Bonchev–Trinajstić information content (AvgIpc) is 2.98. The first-order valence-electron chi connectivity index (χ1n) is 5.76. The molecular formula is C13H9N5O2. The van der Waals surface area contributed by atoms with E-state index in [-0.39, 0.29) is 5.69 Å². The second-order valence-corrected chi connectivity index (χ2v) is 3.95. The number of nitrogens with zero attached hydrogens (tertiary/aromatic N) is 5. The Kier molecular flexibility index (Phi) is 2.92. The Morgan fingerprint density at radius 3 is 2.85 bits per heavy atom. The van der Waals surface area contributed by atoms with Gasteiger partial charge in [0.1, 0.15) is 6.33 Å². The van der Waals surface area contributed by atoms with Crippen molar-refractivity contribution in [1.29, 1.82) is 0 Å². The van der Waals surface area contributed by atoms with E-state index in [1.807, 2.05) is 12.1 Å². The van der Waals surface area contributed by atoms with Gasteiger partial charge < -0.3 is 5.11 Å². The van der Waals surface area contributed by atoms with E-state index in [2.05, 4.69) is 20.1 Å². The summed E-state index contributed by atoms with van der Waals surface area (Å²) in [5, 5.41) is 12.8. The standard InChI is InChI=1S/C13H9N5O2/c19-13(20)10-3-5-18(17-10)12-6-11(15-8-16-12)9-2-1-4-14-7-9/h1-8H,(H,19,20). The molecular weight excluding hydrogens is 258 g/mol. The Labute approximate surface area is 113 Å². The molecule has 1 N–H and O–H groups in total. The minimum atomic E-state index is -1.08. The fourth-order valence-electron chi connectivity index (χ4n) is 1.71. The van der Waals surface area contributed by atoms with Crippen molar-refractivity contribution in [2.75, 3.05) is 0 Å². The Bertz CT molecular complexity index is 754. The van der Waals surface area contributed by atoms with Crippen LogP contribution in [0.4, 0.5) is 0 Å². The number of carbonyl (C=O) groups is 1. The highest BCUT2D eigenvalue weighted by Crippen LogP contribution is 2.16. The Morgan fingerprint density at radius 1 is 1.25 bits per heavy atom. The van der Waals surface area contributed by atoms with Crippen LogP contribution >= 0.6 is 0 Å². The largest absolute Gasteiger partial charge is 0.476 e. The highest BCUT2D eigenvalue weighted by atomic mass is 16.4. The summed E-state index contributed by atoms with van der Waals surface area (Å²) in [5.74, 6) is -0.586. The smallest absolute Gasteiger partial charge is 0.356 e. The van der Waals surface area contributed by atoms with Gasteiger partial charge in [0.25, 0.3) is 0 Å². The van der Waals surface area contributed by atoms with Gasteiger partial charge in [-0.3, -0.25) is 4.98 Å². The molecule has 0 fully saturated rings. The van der Waals surface area contributed by atoms with Crippen molar-refractivity contribution in [3.63, 3.8) is 0 Å². The Balaban J connectivity index is 2.01. The van der Waals surface area contributed by atoms with Gasteiger partial charge >= 0.3 is 5.97 Å². The van der Waals surface area contributed by atoms with Crippen molar-refractivity contribution < 1.29 is 9.90 Å². The lowest BCUT2D eigenvalue weighted by atomic mass is 10.2. The molecule has 98 valence electrons. The van der Waals surface area contributed by atoms with Gasteiger partial charge in [-0.25, -0.2) is 19.4 Å². The van der Waals surface area contributed by atoms with Crippen LogP contribution in [-0.4, -0.2) is 35.8 Å². The van der Waals surface area contributed by atoms with Crippen molar-refractivity contribution in [3.8, 4) is 17.1 Å². The minimum absolute atomic E-state index is 0.0356. The lowest BCUT2D eigenvalue weighted by Crippen LogP contribution is -2.03. The Hall–Kier alpha value is -3.09. The molecule has 0 amide bonds. The summed E-state index contributed by atoms with van der Waals surface area (Å²) in [4.78, 5) is 23.1. The van der Waals surface area contributed by atoms with Gasteiger partial charge in [-0.1, -0.05) is 0 Å². The predicted octanol–water partition coefficient (Wildman–Crippen LogP) is 1.42. The number of carboxylic acids is 1. The molecule has 0 saturated carbocycles. The van der Waals surface area contributed by atoms with E-state index in [0.717, 1.165) is 5.56 Å². The quantitative estimate of drug-likeness (QED) is 0.771. The van der Waals surface area contributed by atoms with Gasteiger partial charge in [-0.05, 0) is 18.2 Å². The molecule has 3 rings (SSSR count). The molecule has 0 bridgehead atoms. The first-order valence-corrected chi connectivity index (χ1v) is 5.76. The topological polar surface area (TPSA) is 93.8 Å². The average molecular weight is 267 g/mol. The maximum Gasteiger partial charge on any atom is 0.356 e. The van der Waals surface area contributed by atoms with Crippen LogP contribution in [0.3, 0.4) is 0 Å². The summed E-state index contributed by atoms with van der Waals surface area (Å²) in [6, 6.07) is 6.82. The molecule has 0 aliphatic heterocycles. The van der Waals surface area contributed by atoms with E-state index in [9.17, 15) is 4.79 Å². The Morgan fingerprint density at radius 2 is 2.15 bits per heavy atom. The van der Waals surface area contributed by atoms with E-state index < -0.39 is 5.97 Å². The van der Waals surface area contributed by atoms with Crippen LogP contribution in [0.2, 0.25) is 0 Å². The van der Waals surface area contributed by atoms with Gasteiger partial charge in [0.2, 0.25) is 0 Å². The van der Waals surface area contributed by atoms with Crippen LogP contribution in [0, 0.1) is 0 Å². The minimum Gasteiger partial charge on any atom is -0.476 e. The molecule has 0 radical (unpaired) electrons. The molecule has 7 nitrogen and oxygen atoms in total. The van der Waals surface area contributed by atoms with Gasteiger partial charge in [0, 0.05) is 30.2 Å². The molecule has 0 aliphatic carbocycles. The van der Waals surface area contributed by atoms with Crippen LogP contribution in [0.15, 0.2) is 49.2 Å². The maximum absolute atomic E-state index is 10.8. The van der Waals surface area contributed by atoms with Crippen molar-refractivity contribution in [3.05, 3.63) is 54.9 Å². The second-order valence-electron chi connectivity index (χ2n) is 3.95. The van der Waals surface area contributed by atoms with Gasteiger partial charge in [0.15, 0.2) is 11.5 Å². The second kappa shape index (κ2) is 4.88. The van der Waals surface area contributed by atoms with Crippen LogP contribution < -0.4 is 0 Å². The third-order valence-corrected chi connectivity index (χ3v) is 2.65. The molecule has 0 saturated heterocycles. The molecule has 3 aromatic heterocycles. The monoisotopic (exact) mass is 267 g/mol. The van der Waals surface area contributed by atoms with Crippen molar-refractivity contribution in [1.82, 2.24) is 24.7 Å². The van der Waals surface area contributed by atoms with Crippen LogP contribution in [0.25, 0.3) is 17.1 Å². The fourth-order valence-corrected chi connectivity index (χ4v) is 1.71. The number of carboxylic acid groups (broad SMARTS) is 1. The molecule has 0 atom stereocenters. The SMILES string of the molecule is O=C(O)c1ccn(-c2cc(-c3cccnc3)ncn2)n1. The molecule has 7 heteroatoms. The van der Waals surface area contributed by atoms with E-state index in [4.69, 9.17) is 5.11 Å². The van der Waals surface area contributed by atoms with Crippen molar-refractivity contribution >= 4 is 5.97 Å². The number of aromatic nitrogens is 5. The van der Waals surface area contributed by atoms with Gasteiger partial charge in [-0.15, -0.1) is 0 Å². The van der Waals surface area contributed by atoms with Gasteiger partial charge in [0.05, 0.1) is 5.69 Å². The van der Waals surface area contributed by atoms with Crippen LogP contribution in [-0.2, 0) is 0 Å². The highest BCUT2D eigenvalue weighted by molar-refractivity contribution is 5.85. The zero-order chi connectivity index (χ0) is 13.9. The molecule has 20 heavy (non-hydrogen) atoms. The maximum atomic E-state index is 10.8. The zero-order valence-electron chi connectivity index (χ0n) is 10.2. The lowest BCUT2D eigenvalue weighted by molar-refractivity contribution is 0.0690. The summed E-state index contributed by atoms with van der Waals surface area (Å²) in [7, 11) is 0. The number of aromatic carboxylic acids is 1. The number of hydrogen-bond donors (Lipinski definition) is 1. The molecule has 0 aromatic carbocycles. The summed E-state index contributed by atoms with van der Waals surface area (Å²) >= 11 is 0. The summed E-state index contributed by atoms with van der Waals surface area (Å²) < 4.78 is 1.39. The van der Waals surface area contributed by atoms with E-state index in [1.54, 1.807) is 24.7 Å². The first kappa shape index (κ1) is 12.0. The summed E-state index contributed by atoms with van der Waals surface area (Å²) in [6.45, 7) is 0. The number of hydrogen-bond acceptors (Lipinski definition) is 5. The molecule has 0 unspecified atom stereocenters. The van der Waals surface area contributed by atoms with E-state index in [1.165, 1.54) is 17.1 Å². The molecule has 0 spiro atoms. The summed E-state index contributed by atoms with van der Waals surface area (Å²) in [5.41, 5.74) is 1.50. The highest BCUT2D eigenvalue weighted by Gasteiger charge is 2.09. The zero-order valence-corrected chi connectivity index (χ0v) is 10.2. The number of rotatable bonds is 3. The molecule has 3 heterocycles. The lowest BCUT2D eigenvalue weighted by Gasteiger charge is -2.03. The predicted molar refractivity (Wildman–Crippen MR) is 69.3 cm³/mol. The molecule has 3 aromatic rings. The first-order chi connectivity index (χ1) is 9.74. The fraction of sp³-hybridized carbons (Fsp3) is 0. The normalized spacial score (nSPS) is 10.4. The molecule has 0 aliphatic rings. The third kappa shape index (κ3) is 2.24. The van der Waals surface area contributed by atoms with Crippen molar-refractivity contribution in [2.45, 2.75) is 0 Å². The van der Waals surface area contributed by atoms with Gasteiger partial charge in [-0.2, -0.15) is 5.10 Å². The number of pyridine rings is 1. The van der Waals surface area contributed by atoms with E-state index >= 15 is 0 Å². The van der Waals surface area contributed by atoms with Crippen molar-refractivity contribution in [2.24, 2.45) is 0 Å². The third-order valence-electron chi connectivity index (χ3n) is 2.65. The van der Waals surface area contributed by atoms with Crippen LogP contribution in [0.1, 0.15) is 10.5 Å². The van der Waals surface area contributed by atoms with E-state index in [0.29, 0.717) is 11.5 Å². The van der Waals surface area contributed by atoms with Crippen LogP contribution in [0.5, 0.6) is 0 Å². The summed E-state index contributed by atoms with van der Waals surface area (Å²) in [6.07, 6.45) is 6.31.